The summed E-state index contributed by atoms with van der Waals surface area (Å²) in [6.07, 6.45) is 9.41. The molecule has 1 fully saturated rings. The summed E-state index contributed by atoms with van der Waals surface area (Å²) >= 11 is 0. The second kappa shape index (κ2) is 7.32. The highest BCUT2D eigenvalue weighted by atomic mass is 16.2. The predicted molar refractivity (Wildman–Crippen MR) is 82.4 cm³/mol. The van der Waals surface area contributed by atoms with E-state index in [0.717, 1.165) is 18.7 Å². The molecule has 1 saturated carbocycles. The summed E-state index contributed by atoms with van der Waals surface area (Å²) in [7, 11) is 0. The van der Waals surface area contributed by atoms with Crippen LogP contribution < -0.4 is 11.1 Å². The molecule has 0 atom stereocenters. The average molecular weight is 318 g/mol. The Bertz CT molecular complexity index is 643. The molecule has 1 amide bonds. The summed E-state index contributed by atoms with van der Waals surface area (Å²) < 4.78 is 3.64. The molecule has 0 aliphatic heterocycles. The van der Waals surface area contributed by atoms with Gasteiger partial charge in [0.1, 0.15) is 6.33 Å². The van der Waals surface area contributed by atoms with Crippen LogP contribution in [0, 0.1) is 0 Å². The number of rotatable bonds is 6. The number of nitrogens with zero attached hydrogens (tertiary/aromatic N) is 6. The molecule has 9 nitrogen and oxygen atoms in total. The van der Waals surface area contributed by atoms with Crippen LogP contribution >= 0.6 is 0 Å². The van der Waals surface area contributed by atoms with E-state index in [0.29, 0.717) is 25.7 Å². The Labute approximate surface area is 134 Å². The first-order valence-corrected chi connectivity index (χ1v) is 8.04. The van der Waals surface area contributed by atoms with Crippen molar-refractivity contribution < 1.29 is 4.79 Å². The van der Waals surface area contributed by atoms with Gasteiger partial charge in [-0.05, 0) is 12.8 Å². The topological polar surface area (TPSA) is 117 Å². The van der Waals surface area contributed by atoms with Gasteiger partial charge in [-0.3, -0.25) is 9.48 Å². The molecule has 2 heterocycles. The first kappa shape index (κ1) is 15.6. The van der Waals surface area contributed by atoms with Crippen molar-refractivity contribution in [2.45, 2.75) is 51.2 Å². The monoisotopic (exact) mass is 318 g/mol. The van der Waals surface area contributed by atoms with Crippen molar-refractivity contribution in [1.82, 2.24) is 35.1 Å². The third-order valence-corrected chi connectivity index (χ3v) is 4.15. The molecular formula is C14H22N8O. The molecule has 0 aromatic carbocycles. The molecule has 124 valence electrons. The lowest BCUT2D eigenvalue weighted by Crippen LogP contribution is -2.26. The second-order valence-corrected chi connectivity index (χ2v) is 5.78. The van der Waals surface area contributed by atoms with Crippen molar-refractivity contribution in [3.05, 3.63) is 24.0 Å². The fourth-order valence-electron chi connectivity index (χ4n) is 2.95. The van der Waals surface area contributed by atoms with Crippen LogP contribution in [0.15, 0.2) is 12.5 Å². The van der Waals surface area contributed by atoms with Crippen molar-refractivity contribution in [1.29, 1.82) is 0 Å². The highest BCUT2D eigenvalue weighted by Crippen LogP contribution is 2.28. The van der Waals surface area contributed by atoms with Crippen LogP contribution in [0.5, 0.6) is 0 Å². The van der Waals surface area contributed by atoms with E-state index in [1.165, 1.54) is 19.3 Å². The molecule has 1 aliphatic carbocycles. The summed E-state index contributed by atoms with van der Waals surface area (Å²) in [5.41, 5.74) is 5.73. The summed E-state index contributed by atoms with van der Waals surface area (Å²) in [4.78, 5) is 12.1. The van der Waals surface area contributed by atoms with Crippen LogP contribution in [0.2, 0.25) is 0 Å². The average Bonchev–Trinajstić information content (AvgIpc) is 3.23. The number of carbonyl (C=O) groups excluding carboxylic acids is 1. The fraction of sp³-hybridized carbons (Fsp3) is 0.643. The zero-order valence-electron chi connectivity index (χ0n) is 13.1. The van der Waals surface area contributed by atoms with E-state index in [1.807, 2.05) is 0 Å². The molecule has 3 N–H and O–H groups in total. The SMILES string of the molecule is NCCn1cc(C(=O)NCc2nncn2C2CCCCC2)nn1. The Hall–Kier alpha value is -2.29. The van der Waals surface area contributed by atoms with Gasteiger partial charge in [0.15, 0.2) is 11.5 Å². The van der Waals surface area contributed by atoms with E-state index in [-0.39, 0.29) is 11.6 Å². The first-order valence-electron chi connectivity index (χ1n) is 8.04. The van der Waals surface area contributed by atoms with Crippen molar-refractivity contribution in [2.24, 2.45) is 5.73 Å². The molecular weight excluding hydrogens is 296 g/mol. The maximum atomic E-state index is 12.1. The lowest BCUT2D eigenvalue weighted by Gasteiger charge is -2.23. The minimum absolute atomic E-state index is 0.272. The van der Waals surface area contributed by atoms with Gasteiger partial charge < -0.3 is 15.6 Å². The van der Waals surface area contributed by atoms with Gasteiger partial charge in [0.25, 0.3) is 5.91 Å². The summed E-state index contributed by atoms with van der Waals surface area (Å²) in [5, 5.41) is 18.7. The third kappa shape index (κ3) is 3.73. The zero-order chi connectivity index (χ0) is 16.1. The van der Waals surface area contributed by atoms with Crippen LogP contribution in [0.25, 0.3) is 0 Å². The molecule has 0 bridgehead atoms. The zero-order valence-corrected chi connectivity index (χ0v) is 13.1. The summed E-state index contributed by atoms with van der Waals surface area (Å²) in [6.45, 7) is 1.32. The number of carbonyl (C=O) groups is 1. The van der Waals surface area contributed by atoms with E-state index >= 15 is 0 Å². The maximum absolute atomic E-state index is 12.1. The standard InChI is InChI=1S/C14H22N8O/c15-6-7-21-9-12(18-20-21)14(23)16-8-13-19-17-10-22(13)11-4-2-1-3-5-11/h9-11H,1-8,15H2,(H,16,23). The second-order valence-electron chi connectivity index (χ2n) is 5.78. The molecule has 2 aromatic heterocycles. The van der Waals surface area contributed by atoms with Crippen molar-refractivity contribution in [2.75, 3.05) is 6.54 Å². The van der Waals surface area contributed by atoms with Gasteiger partial charge in [-0.2, -0.15) is 0 Å². The lowest BCUT2D eigenvalue weighted by molar-refractivity contribution is 0.0944. The van der Waals surface area contributed by atoms with Gasteiger partial charge in [-0.25, -0.2) is 0 Å². The molecule has 3 rings (SSSR count). The van der Waals surface area contributed by atoms with E-state index in [1.54, 1.807) is 17.2 Å². The maximum Gasteiger partial charge on any atom is 0.273 e. The Kier molecular flexibility index (Phi) is 4.96. The van der Waals surface area contributed by atoms with Crippen molar-refractivity contribution >= 4 is 5.91 Å². The third-order valence-electron chi connectivity index (χ3n) is 4.15. The molecule has 2 aromatic rings. The number of hydrogen-bond acceptors (Lipinski definition) is 6. The largest absolute Gasteiger partial charge is 0.343 e. The quantitative estimate of drug-likeness (QED) is 0.789. The molecule has 1 aliphatic rings. The lowest BCUT2D eigenvalue weighted by atomic mass is 9.95. The number of hydrogen-bond donors (Lipinski definition) is 2. The molecule has 9 heteroatoms. The summed E-state index contributed by atoms with van der Waals surface area (Å²) in [6, 6.07) is 0.441. The van der Waals surface area contributed by atoms with Gasteiger partial charge in [-0.1, -0.05) is 24.5 Å². The minimum Gasteiger partial charge on any atom is -0.343 e. The van der Waals surface area contributed by atoms with E-state index in [4.69, 9.17) is 5.73 Å². The Morgan fingerprint density at radius 1 is 1.30 bits per heavy atom. The van der Waals surface area contributed by atoms with Crippen LogP contribution in [0.3, 0.4) is 0 Å². The molecule has 0 unspecified atom stereocenters. The van der Waals surface area contributed by atoms with Gasteiger partial charge in [-0.15, -0.1) is 15.3 Å². The van der Waals surface area contributed by atoms with Crippen LogP contribution in [-0.2, 0) is 13.1 Å². The van der Waals surface area contributed by atoms with E-state index < -0.39 is 0 Å². The smallest absolute Gasteiger partial charge is 0.273 e. The Morgan fingerprint density at radius 2 is 2.13 bits per heavy atom. The van der Waals surface area contributed by atoms with Crippen molar-refractivity contribution in [3.8, 4) is 0 Å². The van der Waals surface area contributed by atoms with E-state index in [2.05, 4.69) is 30.4 Å². The Balaban J connectivity index is 1.59. The van der Waals surface area contributed by atoms with Gasteiger partial charge in [0, 0.05) is 12.6 Å². The van der Waals surface area contributed by atoms with Crippen LogP contribution in [0.1, 0.15) is 54.5 Å². The van der Waals surface area contributed by atoms with Gasteiger partial charge in [0.05, 0.1) is 19.3 Å². The highest BCUT2D eigenvalue weighted by Gasteiger charge is 2.19. The molecule has 0 spiro atoms. The van der Waals surface area contributed by atoms with Crippen LogP contribution in [0.4, 0.5) is 0 Å². The molecule has 0 saturated heterocycles. The number of nitrogens with two attached hydrogens (primary N) is 1. The number of amides is 1. The number of aromatic nitrogens is 6. The first-order chi connectivity index (χ1) is 11.3. The minimum atomic E-state index is -0.272. The number of nitrogens with one attached hydrogen (secondary N) is 1. The fourth-order valence-corrected chi connectivity index (χ4v) is 2.95. The molecule has 23 heavy (non-hydrogen) atoms. The van der Waals surface area contributed by atoms with Gasteiger partial charge in [0.2, 0.25) is 0 Å². The van der Waals surface area contributed by atoms with Crippen molar-refractivity contribution in [3.63, 3.8) is 0 Å². The Morgan fingerprint density at radius 3 is 2.91 bits per heavy atom. The van der Waals surface area contributed by atoms with Crippen LogP contribution in [-0.4, -0.2) is 42.2 Å². The summed E-state index contributed by atoms with van der Waals surface area (Å²) in [5.74, 6) is 0.506. The van der Waals surface area contributed by atoms with Gasteiger partial charge >= 0.3 is 0 Å². The predicted octanol–water partition coefficient (Wildman–Crippen LogP) is 0.263. The van der Waals surface area contributed by atoms with E-state index in [9.17, 15) is 4.79 Å². The highest BCUT2D eigenvalue weighted by molar-refractivity contribution is 5.91. The molecule has 0 radical (unpaired) electrons. The normalized spacial score (nSPS) is 15.7.